The van der Waals surface area contributed by atoms with E-state index in [2.05, 4.69) is 34.6 Å². The third kappa shape index (κ3) is 14.7. The average molecular weight is 448 g/mol. The van der Waals surface area contributed by atoms with Crippen LogP contribution in [-0.4, -0.2) is 0 Å². The summed E-state index contributed by atoms with van der Waals surface area (Å²) in [7, 11) is -10.7. The Balaban J connectivity index is 0. The van der Waals surface area contributed by atoms with Crippen molar-refractivity contribution in [3.8, 4) is 0 Å². The molecule has 2 saturated carbocycles. The largest absolute Gasteiger partial charge is 0.0312 e. The summed E-state index contributed by atoms with van der Waals surface area (Å²) in [5.74, 6) is 7.34. The van der Waals surface area contributed by atoms with E-state index >= 15 is 0 Å². The van der Waals surface area contributed by atoms with Gasteiger partial charge < -0.3 is 0 Å². The molecule has 8 heteroatoms. The van der Waals surface area contributed by atoms with E-state index in [-0.39, 0.29) is 19.5 Å². The Hall–Kier alpha value is 0.633. The minimum Gasteiger partial charge on any atom is -0.0312 e. The first-order valence-electron chi connectivity index (χ1n) is 6.43. The van der Waals surface area contributed by atoms with Crippen molar-refractivity contribution in [1.82, 2.24) is 0 Å². The summed E-state index contributed by atoms with van der Waals surface area (Å²) in [5.41, 5.74) is 0. The van der Waals surface area contributed by atoms with Gasteiger partial charge >= 0.3 is 33.0 Å². The quantitative estimate of drug-likeness (QED) is 0.206. The van der Waals surface area contributed by atoms with Crippen LogP contribution in [0.2, 0.25) is 0 Å². The number of halogens is 6. The van der Waals surface area contributed by atoms with Crippen molar-refractivity contribution in [2.45, 2.75) is 34.6 Å². The summed E-state index contributed by atoms with van der Waals surface area (Å²) in [6, 6.07) is 0. The second-order valence-electron chi connectivity index (χ2n) is 5.05. The second kappa shape index (κ2) is 8.34. The van der Waals surface area contributed by atoms with Gasteiger partial charge in [-0.15, -0.1) is 0 Å². The maximum atomic E-state index is 9.87. The van der Waals surface area contributed by atoms with E-state index in [0.29, 0.717) is 0 Å². The van der Waals surface area contributed by atoms with Crippen LogP contribution >= 0.6 is 7.81 Å². The van der Waals surface area contributed by atoms with Gasteiger partial charge in [0.25, 0.3) is 0 Å². The van der Waals surface area contributed by atoms with Crippen LogP contribution in [0.5, 0.6) is 0 Å². The monoisotopic (exact) mass is 448 g/mol. The van der Waals surface area contributed by atoms with Gasteiger partial charge in [-0.3, -0.25) is 0 Å². The smallest absolute Gasteiger partial charge is 0 e. The van der Waals surface area contributed by atoms with Crippen LogP contribution in [0.15, 0.2) is 0 Å². The zero-order chi connectivity index (χ0) is 17.8. The first kappa shape index (κ1) is 25.9. The molecule has 23 heavy (non-hydrogen) atoms. The molecule has 11 radical (unpaired) electrons. The fourth-order valence-corrected chi connectivity index (χ4v) is 1.73. The molecule has 0 heterocycles. The number of hydrogen-bond donors (Lipinski definition) is 0. The minimum atomic E-state index is -10.7. The van der Waals surface area contributed by atoms with Gasteiger partial charge in [-0.1, -0.05) is 34.6 Å². The Labute approximate surface area is 149 Å². The van der Waals surface area contributed by atoms with E-state index in [9.17, 15) is 25.2 Å². The van der Waals surface area contributed by atoms with Crippen molar-refractivity contribution >= 4 is 7.81 Å². The summed E-state index contributed by atoms with van der Waals surface area (Å²) < 4.78 is 59.2. The van der Waals surface area contributed by atoms with E-state index in [1.165, 1.54) is 29.6 Å². The van der Waals surface area contributed by atoms with Crippen molar-refractivity contribution < 1.29 is 44.7 Å². The molecule has 137 valence electrons. The molecule has 0 saturated heterocycles. The van der Waals surface area contributed by atoms with Gasteiger partial charge in [0.2, 0.25) is 0 Å². The molecule has 2 fully saturated rings. The van der Waals surface area contributed by atoms with Crippen LogP contribution in [0.1, 0.15) is 34.6 Å². The van der Waals surface area contributed by atoms with Gasteiger partial charge in [-0.25, -0.2) is 0 Å². The number of hydrogen-bond acceptors (Lipinski definition) is 0. The van der Waals surface area contributed by atoms with Crippen LogP contribution < -0.4 is 0 Å². The van der Waals surface area contributed by atoms with E-state index < -0.39 is 7.81 Å². The first-order chi connectivity index (χ1) is 9.50. The molecule has 2 rings (SSSR count). The van der Waals surface area contributed by atoms with Gasteiger partial charge in [-0.2, -0.15) is 0 Å². The maximum Gasteiger partial charge on any atom is 0 e. The Kier molecular flexibility index (Phi) is 9.38. The predicted molar refractivity (Wildman–Crippen MR) is 79.7 cm³/mol. The summed E-state index contributed by atoms with van der Waals surface area (Å²) in [6.45, 7) is 11.0. The molecular weight excluding hydrogens is 428 g/mol. The molecule has 0 bridgehead atoms. The third-order valence-electron chi connectivity index (χ3n) is 3.37. The molecule has 0 aromatic heterocycles. The molecule has 2 aliphatic rings. The maximum absolute atomic E-state index is 10.7. The molecule has 0 amide bonds. The van der Waals surface area contributed by atoms with Crippen LogP contribution in [0.4, 0.5) is 25.2 Å². The first-order valence-corrected chi connectivity index (χ1v) is 8.46. The summed E-state index contributed by atoms with van der Waals surface area (Å²) in [5, 5.41) is 0. The zero-order valence-electron chi connectivity index (χ0n) is 13.4. The molecule has 0 spiro atoms. The molecule has 0 N–H and O–H groups in total. The van der Waals surface area contributed by atoms with Gasteiger partial charge in [0.15, 0.2) is 0 Å². The summed E-state index contributed by atoms with van der Waals surface area (Å²) in [6.07, 6.45) is 10.0. The third-order valence-corrected chi connectivity index (χ3v) is 3.37. The van der Waals surface area contributed by atoms with Crippen molar-refractivity contribution in [2.75, 3.05) is 0 Å². The topological polar surface area (TPSA) is 0 Å². The van der Waals surface area contributed by atoms with Crippen molar-refractivity contribution in [3.05, 3.63) is 61.7 Å². The Morgan fingerprint density at radius 1 is 0.478 bits per heavy atom. The Morgan fingerprint density at radius 3 is 0.652 bits per heavy atom. The van der Waals surface area contributed by atoms with Gasteiger partial charge in [-0.05, 0) is 61.7 Å². The predicted octanol–water partition coefficient (Wildman–Crippen LogP) is 7.37. The molecule has 0 aromatic carbocycles. The summed E-state index contributed by atoms with van der Waals surface area (Å²) in [4.78, 5) is 0. The summed E-state index contributed by atoms with van der Waals surface area (Å²) >= 11 is 0. The number of rotatable bonds is 0. The van der Waals surface area contributed by atoms with Gasteiger partial charge in [0.1, 0.15) is 0 Å². The van der Waals surface area contributed by atoms with Crippen LogP contribution in [0, 0.1) is 61.7 Å². The van der Waals surface area contributed by atoms with Gasteiger partial charge in [0.05, 0.1) is 0 Å². The van der Waals surface area contributed by atoms with Crippen LogP contribution in [0.25, 0.3) is 0 Å². The fourth-order valence-electron chi connectivity index (χ4n) is 1.73. The SMILES string of the molecule is C[C]1[C](C)[C](C)[C](C)[C]1C.F[P-](F)(F)(F)(F)F.[CH]1[CH][CH][CH][CH]1.[Rh]. The second-order valence-corrected chi connectivity index (χ2v) is 6.96. The van der Waals surface area contributed by atoms with Crippen LogP contribution in [0.3, 0.4) is 0 Å². The van der Waals surface area contributed by atoms with Crippen LogP contribution in [-0.2, 0) is 19.5 Å². The standard InChI is InChI=1S/C10H15.C5H5.F6P.Rh/c1-6-7(2)9(4)10(5)8(6)3;1-2-4-5-3-1;1-7(2,3,4,5)6;/h1-5H3;1-5H;;/q;;-1;. The van der Waals surface area contributed by atoms with E-state index in [1.807, 2.05) is 32.1 Å². The van der Waals surface area contributed by atoms with Crippen molar-refractivity contribution in [3.63, 3.8) is 0 Å². The minimum absolute atomic E-state index is 0. The van der Waals surface area contributed by atoms with E-state index in [0.717, 1.165) is 0 Å². The Bertz CT molecular complexity index is 274. The molecule has 0 nitrogen and oxygen atoms in total. The Morgan fingerprint density at radius 2 is 0.565 bits per heavy atom. The normalized spacial score (nSPS) is 24.7. The molecule has 0 unspecified atom stereocenters. The molecule has 0 aromatic rings. The molecule has 2 aliphatic carbocycles. The molecule has 0 atom stereocenters. The zero-order valence-corrected chi connectivity index (χ0v) is 16.0. The van der Waals surface area contributed by atoms with Gasteiger partial charge in [0, 0.05) is 19.5 Å². The average Bonchev–Trinajstić information content (AvgIpc) is 2.93. The molecular formula is C15H20F6PRh-. The van der Waals surface area contributed by atoms with E-state index in [1.54, 1.807) is 0 Å². The van der Waals surface area contributed by atoms with E-state index in [4.69, 9.17) is 0 Å². The molecule has 0 aliphatic heterocycles. The fraction of sp³-hybridized carbons (Fsp3) is 0.333. The van der Waals surface area contributed by atoms with Crippen molar-refractivity contribution in [2.24, 2.45) is 0 Å². The van der Waals surface area contributed by atoms with Crippen molar-refractivity contribution in [1.29, 1.82) is 0 Å².